The Morgan fingerprint density at radius 1 is 1.25 bits per heavy atom. The summed E-state index contributed by atoms with van der Waals surface area (Å²) in [4.78, 5) is 8.81. The molecule has 0 aromatic carbocycles. The lowest BCUT2D eigenvalue weighted by molar-refractivity contribution is -0.106. The number of aldehydes is 1. The van der Waals surface area contributed by atoms with E-state index in [0.29, 0.717) is 0 Å². The molecule has 0 radical (unpaired) electrons. The number of hydrogen-bond acceptors (Lipinski definition) is 1. The minimum absolute atomic E-state index is 0.750. The first-order valence-corrected chi connectivity index (χ1v) is 5.24. The van der Waals surface area contributed by atoms with Crippen LogP contribution in [0.4, 0.5) is 0 Å². The number of rotatable bonds is 2. The first-order valence-electron chi connectivity index (χ1n) is 5.24. The van der Waals surface area contributed by atoms with Gasteiger partial charge in [-0.2, -0.15) is 0 Å². The maximum atomic E-state index is 8.81. The van der Waals surface area contributed by atoms with Crippen LogP contribution in [0.1, 0.15) is 58.8 Å². The third kappa shape index (κ3) is 6.38. The van der Waals surface area contributed by atoms with Gasteiger partial charge in [-0.15, -0.1) is 0 Å². The van der Waals surface area contributed by atoms with E-state index in [9.17, 15) is 0 Å². The molecular weight excluding hydrogens is 148 g/mol. The highest BCUT2D eigenvalue weighted by Gasteiger charge is 2.10. The van der Waals surface area contributed by atoms with Gasteiger partial charge in [0.15, 0.2) is 0 Å². The SMILES string of the molecule is CC=O.CCCC1CCCCC1. The fourth-order valence-electron chi connectivity index (χ4n) is 1.88. The fourth-order valence-corrected chi connectivity index (χ4v) is 1.88. The second kappa shape index (κ2) is 8.76. The van der Waals surface area contributed by atoms with Crippen LogP contribution in [-0.2, 0) is 4.79 Å². The molecule has 0 saturated heterocycles. The molecule has 1 heteroatoms. The van der Waals surface area contributed by atoms with Crippen molar-refractivity contribution in [1.29, 1.82) is 0 Å². The van der Waals surface area contributed by atoms with E-state index in [2.05, 4.69) is 6.92 Å². The van der Waals surface area contributed by atoms with Gasteiger partial charge in [0, 0.05) is 0 Å². The van der Waals surface area contributed by atoms with E-state index in [1.54, 1.807) is 0 Å². The van der Waals surface area contributed by atoms with Crippen molar-refractivity contribution in [3.05, 3.63) is 0 Å². The summed E-state index contributed by atoms with van der Waals surface area (Å²) in [6, 6.07) is 0. The molecular formula is C11H22O. The molecule has 0 amide bonds. The van der Waals surface area contributed by atoms with Gasteiger partial charge in [-0.05, 0) is 12.8 Å². The normalized spacial score (nSPS) is 17.8. The maximum Gasteiger partial charge on any atom is 0.116 e. The number of carbonyl (C=O) groups is 1. The Hall–Kier alpha value is -0.330. The predicted octanol–water partition coefficient (Wildman–Crippen LogP) is 3.57. The van der Waals surface area contributed by atoms with Gasteiger partial charge in [-0.25, -0.2) is 0 Å². The molecule has 0 aliphatic heterocycles. The van der Waals surface area contributed by atoms with E-state index in [1.807, 2.05) is 0 Å². The first kappa shape index (κ1) is 11.7. The predicted molar refractivity (Wildman–Crippen MR) is 53.2 cm³/mol. The largest absolute Gasteiger partial charge is 0.304 e. The van der Waals surface area contributed by atoms with Crippen LogP contribution in [0.5, 0.6) is 0 Å². The number of hydrogen-bond donors (Lipinski definition) is 0. The summed E-state index contributed by atoms with van der Waals surface area (Å²) in [5, 5.41) is 0. The quantitative estimate of drug-likeness (QED) is 0.579. The van der Waals surface area contributed by atoms with Crippen molar-refractivity contribution in [2.45, 2.75) is 58.8 Å². The van der Waals surface area contributed by atoms with Gasteiger partial charge < -0.3 is 4.79 Å². The monoisotopic (exact) mass is 170 g/mol. The van der Waals surface area contributed by atoms with Crippen LogP contribution in [0, 0.1) is 5.92 Å². The molecule has 12 heavy (non-hydrogen) atoms. The van der Waals surface area contributed by atoms with E-state index in [4.69, 9.17) is 4.79 Å². The van der Waals surface area contributed by atoms with Crippen LogP contribution >= 0.6 is 0 Å². The van der Waals surface area contributed by atoms with Crippen LogP contribution in [0.15, 0.2) is 0 Å². The van der Waals surface area contributed by atoms with Crippen molar-refractivity contribution >= 4 is 6.29 Å². The van der Waals surface area contributed by atoms with Crippen LogP contribution < -0.4 is 0 Å². The molecule has 0 unspecified atom stereocenters. The zero-order valence-electron chi connectivity index (χ0n) is 8.51. The van der Waals surface area contributed by atoms with Crippen molar-refractivity contribution in [1.82, 2.24) is 0 Å². The molecule has 1 aliphatic rings. The molecule has 0 bridgehead atoms. The lowest BCUT2D eigenvalue weighted by atomic mass is 9.86. The van der Waals surface area contributed by atoms with Gasteiger partial charge in [0.25, 0.3) is 0 Å². The summed E-state index contributed by atoms with van der Waals surface area (Å²) in [7, 11) is 0. The van der Waals surface area contributed by atoms with Crippen LogP contribution in [0.25, 0.3) is 0 Å². The Morgan fingerprint density at radius 2 is 1.75 bits per heavy atom. The molecule has 1 nitrogen and oxygen atoms in total. The minimum atomic E-state index is 0.750. The Morgan fingerprint density at radius 3 is 2.17 bits per heavy atom. The Bertz CT molecular complexity index is 90.4. The highest BCUT2D eigenvalue weighted by Crippen LogP contribution is 2.26. The van der Waals surface area contributed by atoms with Gasteiger partial charge in [0.1, 0.15) is 6.29 Å². The van der Waals surface area contributed by atoms with Gasteiger partial charge in [-0.1, -0.05) is 51.9 Å². The summed E-state index contributed by atoms with van der Waals surface area (Å²) >= 11 is 0. The lowest BCUT2D eigenvalue weighted by Gasteiger charge is -2.20. The molecule has 1 rings (SSSR count). The number of carbonyl (C=O) groups excluding carboxylic acids is 1. The van der Waals surface area contributed by atoms with Gasteiger partial charge in [-0.3, -0.25) is 0 Å². The van der Waals surface area contributed by atoms with E-state index in [-0.39, 0.29) is 0 Å². The molecule has 1 saturated carbocycles. The molecule has 0 aromatic heterocycles. The molecule has 0 N–H and O–H groups in total. The zero-order chi connectivity index (χ0) is 9.23. The minimum Gasteiger partial charge on any atom is -0.304 e. The van der Waals surface area contributed by atoms with Crippen LogP contribution in [0.2, 0.25) is 0 Å². The van der Waals surface area contributed by atoms with E-state index >= 15 is 0 Å². The summed E-state index contributed by atoms with van der Waals surface area (Å²) in [5.41, 5.74) is 0. The van der Waals surface area contributed by atoms with Crippen LogP contribution in [0.3, 0.4) is 0 Å². The molecule has 0 heterocycles. The molecule has 0 spiro atoms. The Labute approximate surface area is 76.6 Å². The third-order valence-corrected chi connectivity index (χ3v) is 2.42. The average molecular weight is 170 g/mol. The third-order valence-electron chi connectivity index (χ3n) is 2.42. The second-order valence-electron chi connectivity index (χ2n) is 3.53. The van der Waals surface area contributed by atoms with E-state index < -0.39 is 0 Å². The fraction of sp³-hybridized carbons (Fsp3) is 0.909. The second-order valence-corrected chi connectivity index (χ2v) is 3.53. The van der Waals surface area contributed by atoms with Crippen molar-refractivity contribution in [3.8, 4) is 0 Å². The Kier molecular flexibility index (Phi) is 8.52. The van der Waals surface area contributed by atoms with Crippen molar-refractivity contribution in [3.63, 3.8) is 0 Å². The van der Waals surface area contributed by atoms with Gasteiger partial charge in [0.2, 0.25) is 0 Å². The standard InChI is InChI=1S/C9H18.C2H4O/c1-2-6-9-7-4-3-5-8-9;1-2-3/h9H,2-8H2,1H3;2H,1H3. The summed E-state index contributed by atoms with van der Waals surface area (Å²) in [6.07, 6.45) is 11.2. The molecule has 0 atom stereocenters. The molecule has 1 fully saturated rings. The zero-order valence-corrected chi connectivity index (χ0v) is 8.51. The van der Waals surface area contributed by atoms with E-state index in [1.165, 1.54) is 51.9 Å². The Balaban J connectivity index is 0.000000354. The molecule has 0 aromatic rings. The first-order chi connectivity index (χ1) is 5.85. The summed E-state index contributed by atoms with van der Waals surface area (Å²) in [6.45, 7) is 3.74. The van der Waals surface area contributed by atoms with E-state index in [0.717, 1.165) is 12.2 Å². The highest BCUT2D eigenvalue weighted by molar-refractivity contribution is 5.44. The smallest absolute Gasteiger partial charge is 0.116 e. The molecule has 72 valence electrons. The van der Waals surface area contributed by atoms with Crippen LogP contribution in [-0.4, -0.2) is 6.29 Å². The lowest BCUT2D eigenvalue weighted by Crippen LogP contribution is -2.04. The van der Waals surface area contributed by atoms with Crippen molar-refractivity contribution in [2.75, 3.05) is 0 Å². The summed E-state index contributed by atoms with van der Waals surface area (Å²) in [5.74, 6) is 1.10. The molecule has 1 aliphatic carbocycles. The van der Waals surface area contributed by atoms with Gasteiger partial charge >= 0.3 is 0 Å². The summed E-state index contributed by atoms with van der Waals surface area (Å²) < 4.78 is 0. The van der Waals surface area contributed by atoms with Gasteiger partial charge in [0.05, 0.1) is 0 Å². The maximum absolute atomic E-state index is 8.81. The van der Waals surface area contributed by atoms with Crippen molar-refractivity contribution in [2.24, 2.45) is 5.92 Å². The van der Waals surface area contributed by atoms with Crippen molar-refractivity contribution < 1.29 is 4.79 Å². The average Bonchev–Trinajstić information content (AvgIpc) is 2.08. The highest BCUT2D eigenvalue weighted by atomic mass is 16.1. The topological polar surface area (TPSA) is 17.1 Å².